The molecule has 9 heteroatoms. The summed E-state index contributed by atoms with van der Waals surface area (Å²) in [6.45, 7) is 2.23. The number of aryl methyl sites for hydroxylation is 1. The van der Waals surface area contributed by atoms with E-state index < -0.39 is 23.5 Å². The van der Waals surface area contributed by atoms with E-state index in [-0.39, 0.29) is 18.6 Å². The summed E-state index contributed by atoms with van der Waals surface area (Å²) in [6.07, 6.45) is 3.34. The Hall–Kier alpha value is -3.33. The van der Waals surface area contributed by atoms with E-state index in [2.05, 4.69) is 10.5 Å². The Balaban J connectivity index is 1.28. The van der Waals surface area contributed by atoms with Gasteiger partial charge in [0.1, 0.15) is 11.4 Å². The number of anilines is 2. The van der Waals surface area contributed by atoms with Gasteiger partial charge in [-0.3, -0.25) is 14.5 Å². The first-order chi connectivity index (χ1) is 14.0. The second-order valence-electron chi connectivity index (χ2n) is 7.68. The second-order valence-corrected chi connectivity index (χ2v) is 7.68. The zero-order valence-corrected chi connectivity index (χ0v) is 15.5. The van der Waals surface area contributed by atoms with Crippen LogP contribution in [0.5, 0.6) is 11.5 Å². The number of fused-ring (bicyclic) bond motifs is 2. The molecule has 1 spiro atoms. The topological polar surface area (TPSA) is 103 Å². The number of hydrogen-bond donors (Lipinski definition) is 1. The summed E-state index contributed by atoms with van der Waals surface area (Å²) >= 11 is 0. The lowest BCUT2D eigenvalue weighted by molar-refractivity contribution is -0.128. The lowest BCUT2D eigenvalue weighted by Gasteiger charge is -2.23. The Morgan fingerprint density at radius 3 is 2.97 bits per heavy atom. The molecule has 5 heterocycles. The average Bonchev–Trinajstić information content (AvgIpc) is 3.49. The number of nitrogens with zero attached hydrogens (tertiary/aromatic N) is 2. The SMILES string of the molecule is Cc1cc(N2C[C@@]34C=C[C@@H](O3)[C@@H](C(=O)Nc3ccc5c(c3)OCO5)[C@H]4C2=O)no1. The van der Waals surface area contributed by atoms with E-state index in [9.17, 15) is 9.59 Å². The number of aromatic nitrogens is 1. The minimum absolute atomic E-state index is 0.159. The molecule has 148 valence electrons. The van der Waals surface area contributed by atoms with E-state index in [1.807, 2.05) is 12.2 Å². The third-order valence-electron chi connectivity index (χ3n) is 5.94. The predicted molar refractivity (Wildman–Crippen MR) is 98.5 cm³/mol. The maximum atomic E-state index is 13.2. The molecule has 0 saturated carbocycles. The van der Waals surface area contributed by atoms with Gasteiger partial charge in [0.25, 0.3) is 0 Å². The monoisotopic (exact) mass is 395 g/mol. The van der Waals surface area contributed by atoms with E-state index in [4.69, 9.17) is 18.7 Å². The number of nitrogens with one attached hydrogen (secondary N) is 1. The molecule has 0 aliphatic carbocycles. The van der Waals surface area contributed by atoms with Crippen LogP contribution in [-0.2, 0) is 14.3 Å². The highest BCUT2D eigenvalue weighted by Gasteiger charge is 2.67. The predicted octanol–water partition coefficient (Wildman–Crippen LogP) is 1.64. The van der Waals surface area contributed by atoms with Crippen LogP contribution in [-0.4, -0.2) is 42.0 Å². The Bertz CT molecular complexity index is 1080. The molecule has 2 amide bonds. The van der Waals surface area contributed by atoms with Crippen molar-refractivity contribution in [2.75, 3.05) is 23.6 Å². The van der Waals surface area contributed by atoms with Crippen molar-refractivity contribution in [3.63, 3.8) is 0 Å². The molecule has 1 aromatic heterocycles. The van der Waals surface area contributed by atoms with E-state index in [0.717, 1.165) is 0 Å². The highest BCUT2D eigenvalue weighted by Crippen LogP contribution is 2.52. The number of amides is 2. The summed E-state index contributed by atoms with van der Waals surface area (Å²) < 4.78 is 21.9. The molecule has 2 bridgehead atoms. The van der Waals surface area contributed by atoms with Crippen molar-refractivity contribution < 1.29 is 28.3 Å². The lowest BCUT2D eigenvalue weighted by Crippen LogP contribution is -2.41. The normalized spacial score (nSPS) is 30.9. The standard InChI is InChI=1S/C20H17N3O6/c1-10-6-15(22-29-10)23-8-20-5-4-13(28-20)16(17(20)19(23)25)18(24)21-11-2-3-12-14(7-11)27-9-26-12/h2-7,13,16-17H,8-9H2,1H3,(H,21,24)/t13-,16-,17+,20-/m1/s1. The van der Waals surface area contributed by atoms with Gasteiger partial charge in [0.2, 0.25) is 18.6 Å². The van der Waals surface area contributed by atoms with Gasteiger partial charge in [-0.25, -0.2) is 0 Å². The van der Waals surface area contributed by atoms with Gasteiger partial charge in [0, 0.05) is 17.8 Å². The van der Waals surface area contributed by atoms with Crippen LogP contribution < -0.4 is 19.7 Å². The maximum Gasteiger partial charge on any atom is 0.235 e. The molecule has 1 N–H and O–H groups in total. The molecule has 29 heavy (non-hydrogen) atoms. The number of hydrogen-bond acceptors (Lipinski definition) is 7. The first-order valence-electron chi connectivity index (χ1n) is 9.36. The van der Waals surface area contributed by atoms with Crippen LogP contribution in [0, 0.1) is 18.8 Å². The number of ether oxygens (including phenoxy) is 3. The molecule has 4 aliphatic rings. The first-order valence-corrected chi connectivity index (χ1v) is 9.36. The third-order valence-corrected chi connectivity index (χ3v) is 5.94. The van der Waals surface area contributed by atoms with Gasteiger partial charge in [-0.1, -0.05) is 17.3 Å². The zero-order chi connectivity index (χ0) is 19.8. The van der Waals surface area contributed by atoms with Crippen LogP contribution in [0.25, 0.3) is 0 Å². The van der Waals surface area contributed by atoms with E-state index >= 15 is 0 Å². The Kier molecular flexibility index (Phi) is 3.21. The molecule has 0 unspecified atom stereocenters. The highest BCUT2D eigenvalue weighted by atomic mass is 16.7. The van der Waals surface area contributed by atoms with Crippen LogP contribution in [0.1, 0.15) is 5.76 Å². The number of carbonyl (C=O) groups excluding carboxylic acids is 2. The molecule has 0 radical (unpaired) electrons. The van der Waals surface area contributed by atoms with Gasteiger partial charge in [-0.2, -0.15) is 0 Å². The van der Waals surface area contributed by atoms with E-state index in [1.54, 1.807) is 31.2 Å². The van der Waals surface area contributed by atoms with Crippen molar-refractivity contribution in [1.82, 2.24) is 5.16 Å². The fraction of sp³-hybridized carbons (Fsp3) is 0.350. The number of benzene rings is 1. The third kappa shape index (κ3) is 2.27. The Morgan fingerprint density at radius 2 is 2.14 bits per heavy atom. The summed E-state index contributed by atoms with van der Waals surface area (Å²) in [6, 6.07) is 6.90. The quantitative estimate of drug-likeness (QED) is 0.788. The summed E-state index contributed by atoms with van der Waals surface area (Å²) in [4.78, 5) is 27.9. The average molecular weight is 395 g/mol. The van der Waals surface area contributed by atoms with Gasteiger partial charge >= 0.3 is 0 Å². The van der Waals surface area contributed by atoms with Crippen molar-refractivity contribution in [3.8, 4) is 11.5 Å². The molecule has 4 atom stereocenters. The molecule has 9 nitrogen and oxygen atoms in total. The highest BCUT2D eigenvalue weighted by molar-refractivity contribution is 6.05. The molecule has 6 rings (SSSR count). The molecule has 2 fully saturated rings. The second kappa shape index (κ2) is 5.60. The van der Waals surface area contributed by atoms with Crippen molar-refractivity contribution in [1.29, 1.82) is 0 Å². The largest absolute Gasteiger partial charge is 0.454 e. The summed E-state index contributed by atoms with van der Waals surface area (Å²) in [5.74, 6) is 0.574. The van der Waals surface area contributed by atoms with Crippen LogP contribution in [0.3, 0.4) is 0 Å². The summed E-state index contributed by atoms with van der Waals surface area (Å²) in [7, 11) is 0. The van der Waals surface area contributed by atoms with Gasteiger partial charge in [0.05, 0.1) is 24.5 Å². The van der Waals surface area contributed by atoms with Crippen LogP contribution in [0.4, 0.5) is 11.5 Å². The van der Waals surface area contributed by atoms with Gasteiger partial charge in [0.15, 0.2) is 17.3 Å². The minimum Gasteiger partial charge on any atom is -0.454 e. The molecule has 1 aromatic carbocycles. The number of carbonyl (C=O) groups is 2. The first kappa shape index (κ1) is 16.6. The van der Waals surface area contributed by atoms with Crippen LogP contribution in [0.2, 0.25) is 0 Å². The molecule has 2 saturated heterocycles. The van der Waals surface area contributed by atoms with Crippen molar-refractivity contribution in [2.45, 2.75) is 18.6 Å². The Morgan fingerprint density at radius 1 is 1.28 bits per heavy atom. The zero-order valence-electron chi connectivity index (χ0n) is 15.5. The van der Waals surface area contributed by atoms with Crippen LogP contribution in [0.15, 0.2) is 40.9 Å². The van der Waals surface area contributed by atoms with Gasteiger partial charge < -0.3 is 24.1 Å². The van der Waals surface area contributed by atoms with E-state index in [0.29, 0.717) is 35.3 Å². The van der Waals surface area contributed by atoms with Gasteiger partial charge in [-0.15, -0.1) is 0 Å². The lowest BCUT2D eigenvalue weighted by atomic mass is 9.77. The summed E-state index contributed by atoms with van der Waals surface area (Å²) in [5, 5.41) is 6.84. The van der Waals surface area contributed by atoms with Gasteiger partial charge in [-0.05, 0) is 19.1 Å². The number of rotatable bonds is 3. The molecular weight excluding hydrogens is 378 g/mol. The summed E-state index contributed by atoms with van der Waals surface area (Å²) in [5.41, 5.74) is -0.236. The van der Waals surface area contributed by atoms with Crippen molar-refractivity contribution in [3.05, 3.63) is 42.2 Å². The van der Waals surface area contributed by atoms with Crippen molar-refractivity contribution in [2.24, 2.45) is 11.8 Å². The smallest absolute Gasteiger partial charge is 0.235 e. The molecule has 4 aliphatic heterocycles. The van der Waals surface area contributed by atoms with Crippen LogP contribution >= 0.6 is 0 Å². The Labute approximate surface area is 165 Å². The minimum atomic E-state index is -0.814. The molecule has 2 aromatic rings. The molecular formula is C20H17N3O6. The fourth-order valence-electron chi connectivity index (χ4n) is 4.67. The van der Waals surface area contributed by atoms with E-state index in [1.165, 1.54) is 4.90 Å². The fourth-order valence-corrected chi connectivity index (χ4v) is 4.67. The maximum absolute atomic E-state index is 13.2. The van der Waals surface area contributed by atoms with Crippen molar-refractivity contribution >= 4 is 23.3 Å².